The average molecular weight is 545 g/mol. The van der Waals surface area contributed by atoms with Crippen LogP contribution < -0.4 is 29.0 Å². The molecule has 0 bridgehead atoms. The van der Waals surface area contributed by atoms with E-state index in [2.05, 4.69) is 11.9 Å². The summed E-state index contributed by atoms with van der Waals surface area (Å²) in [5.41, 5.74) is 1.48. The summed E-state index contributed by atoms with van der Waals surface area (Å²) in [5, 5.41) is 13.9. The van der Waals surface area contributed by atoms with Gasteiger partial charge in [-0.25, -0.2) is 4.98 Å². The number of benzene rings is 2. The van der Waals surface area contributed by atoms with Crippen LogP contribution in [0.3, 0.4) is 0 Å². The van der Waals surface area contributed by atoms with Crippen LogP contribution in [-0.4, -0.2) is 43.0 Å². The number of hydrogen-bond acceptors (Lipinski definition) is 7. The molecule has 40 heavy (non-hydrogen) atoms. The lowest BCUT2D eigenvalue weighted by molar-refractivity contribution is -0.378. The van der Waals surface area contributed by atoms with Crippen LogP contribution in [0.1, 0.15) is 49.4 Å². The Morgan fingerprint density at radius 1 is 1.02 bits per heavy atom. The molecule has 9 nitrogen and oxygen atoms in total. The zero-order chi connectivity index (χ0) is 28.1. The number of aromatic amines is 1. The highest BCUT2D eigenvalue weighted by Gasteiger charge is 2.44. The number of unbranched alkanes of at least 4 members (excludes halogenated alkanes) is 1. The number of nitrogens with one attached hydrogen (secondary N) is 1. The number of fused-ring (bicyclic) bond motifs is 1. The third-order valence-electron chi connectivity index (χ3n) is 6.80. The van der Waals surface area contributed by atoms with Crippen molar-refractivity contribution in [2.45, 2.75) is 39.3 Å². The van der Waals surface area contributed by atoms with Crippen LogP contribution in [0.4, 0.5) is 0 Å². The standard InChI is InChI=1S/C31H32N2O7/c1-3-5-13-38-23-10-8-21(16-25(23)37-4-2)28-27(29(34)22-9-11-24-26(17-22)40-15-14-39-24)30(35)31(36)33(28)19-20-7-6-12-32-18-20/h6-12,16-18,28,34H,3-5,13-15,19H2,1-2H3. The second-order valence-corrected chi connectivity index (χ2v) is 9.52. The Morgan fingerprint density at radius 3 is 2.60 bits per heavy atom. The number of ketones is 1. The molecule has 3 aromatic rings. The molecular weight excluding hydrogens is 512 g/mol. The maximum absolute atomic E-state index is 13.9. The van der Waals surface area contributed by atoms with E-state index in [1.54, 1.807) is 48.8 Å². The second-order valence-electron chi connectivity index (χ2n) is 9.52. The molecule has 0 saturated carbocycles. The largest absolute Gasteiger partial charge is 0.872 e. The number of likely N-dealkylation sites (tertiary alicyclic amines) is 1. The number of rotatable bonds is 10. The molecule has 1 N–H and O–H groups in total. The summed E-state index contributed by atoms with van der Waals surface area (Å²) in [6, 6.07) is 12.8. The van der Waals surface area contributed by atoms with E-state index in [9.17, 15) is 14.7 Å². The molecule has 9 heteroatoms. The van der Waals surface area contributed by atoms with Crippen LogP contribution in [0.15, 0.2) is 66.5 Å². The molecule has 0 aliphatic carbocycles. The van der Waals surface area contributed by atoms with Gasteiger partial charge in [-0.2, -0.15) is 0 Å². The van der Waals surface area contributed by atoms with Crippen LogP contribution in [0.2, 0.25) is 0 Å². The number of ether oxygens (including phenoxy) is 4. The Balaban J connectivity index is 1.61. The molecule has 208 valence electrons. The predicted octanol–water partition coefficient (Wildman–Crippen LogP) is 3.27. The summed E-state index contributed by atoms with van der Waals surface area (Å²) in [7, 11) is 0. The Morgan fingerprint density at radius 2 is 1.85 bits per heavy atom. The first-order valence-electron chi connectivity index (χ1n) is 13.5. The maximum Gasteiger partial charge on any atom is 0.295 e. The molecule has 2 aliphatic heterocycles. The lowest BCUT2D eigenvalue weighted by Crippen LogP contribution is -2.29. The monoisotopic (exact) mass is 544 g/mol. The highest BCUT2D eigenvalue weighted by atomic mass is 16.6. The summed E-state index contributed by atoms with van der Waals surface area (Å²) in [5.74, 6) is -0.0959. The van der Waals surface area contributed by atoms with Gasteiger partial charge in [-0.3, -0.25) is 9.59 Å². The maximum atomic E-state index is 13.9. The summed E-state index contributed by atoms with van der Waals surface area (Å²) in [6.45, 7) is 5.78. The van der Waals surface area contributed by atoms with Gasteiger partial charge >= 0.3 is 0 Å². The van der Waals surface area contributed by atoms with Gasteiger partial charge < -0.3 is 29.0 Å². The first-order chi connectivity index (χ1) is 19.5. The number of Topliss-reactive ketones (excluding diaryl/α,β-unsaturated/α-hetero) is 1. The van der Waals surface area contributed by atoms with E-state index in [-0.39, 0.29) is 17.7 Å². The fourth-order valence-electron chi connectivity index (χ4n) is 4.85. The fourth-order valence-corrected chi connectivity index (χ4v) is 4.85. The van der Waals surface area contributed by atoms with Crippen molar-refractivity contribution in [3.63, 3.8) is 0 Å². The third-order valence-corrected chi connectivity index (χ3v) is 6.80. The van der Waals surface area contributed by atoms with Crippen molar-refractivity contribution in [2.24, 2.45) is 0 Å². The number of hydrogen-bond donors (Lipinski definition) is 0. The summed E-state index contributed by atoms with van der Waals surface area (Å²) < 4.78 is 23.0. The van der Waals surface area contributed by atoms with Crippen molar-refractivity contribution in [3.05, 3.63) is 83.2 Å². The van der Waals surface area contributed by atoms with E-state index in [1.165, 1.54) is 4.90 Å². The lowest BCUT2D eigenvalue weighted by Gasteiger charge is -2.28. The topological polar surface area (TPSA) is 111 Å². The van der Waals surface area contributed by atoms with E-state index >= 15 is 0 Å². The molecular formula is C31H32N2O7. The number of aromatic nitrogens is 1. The van der Waals surface area contributed by atoms with Gasteiger partial charge in [0.25, 0.3) is 5.91 Å². The van der Waals surface area contributed by atoms with Crippen molar-refractivity contribution in [1.29, 1.82) is 0 Å². The molecule has 1 aromatic heterocycles. The minimum Gasteiger partial charge on any atom is -0.872 e. The molecule has 1 unspecified atom stereocenters. The van der Waals surface area contributed by atoms with Gasteiger partial charge in [0.2, 0.25) is 5.78 Å². The Labute approximate surface area is 233 Å². The fraction of sp³-hybridized carbons (Fsp3) is 0.323. The summed E-state index contributed by atoms with van der Waals surface area (Å²) in [6.07, 6.45) is 5.39. The Bertz CT molecular complexity index is 1420. The molecule has 3 heterocycles. The summed E-state index contributed by atoms with van der Waals surface area (Å²) >= 11 is 0. The molecule has 1 fully saturated rings. The molecule has 0 spiro atoms. The van der Waals surface area contributed by atoms with Crippen molar-refractivity contribution in [2.75, 3.05) is 26.4 Å². The normalized spacial score (nSPS) is 17.6. The predicted molar refractivity (Wildman–Crippen MR) is 144 cm³/mol. The zero-order valence-electron chi connectivity index (χ0n) is 22.6. The van der Waals surface area contributed by atoms with E-state index in [0.717, 1.165) is 18.4 Å². The van der Waals surface area contributed by atoms with E-state index < -0.39 is 23.5 Å². The quantitative estimate of drug-likeness (QED) is 0.167. The van der Waals surface area contributed by atoms with Gasteiger partial charge in [0.1, 0.15) is 13.2 Å². The Kier molecular flexibility index (Phi) is 8.19. The van der Waals surface area contributed by atoms with Gasteiger partial charge in [0.15, 0.2) is 35.4 Å². The van der Waals surface area contributed by atoms with Crippen LogP contribution in [0, 0.1) is 0 Å². The van der Waals surface area contributed by atoms with Gasteiger partial charge in [0, 0.05) is 17.2 Å². The van der Waals surface area contributed by atoms with Gasteiger partial charge in [-0.1, -0.05) is 31.2 Å². The highest BCUT2D eigenvalue weighted by molar-refractivity contribution is 6.46. The lowest BCUT2D eigenvalue weighted by atomic mass is 9.94. The van der Waals surface area contributed by atoms with Gasteiger partial charge in [-0.05, 0) is 54.8 Å². The number of nitrogens with zero attached hydrogens (tertiary/aromatic N) is 1. The van der Waals surface area contributed by atoms with Gasteiger partial charge in [-0.15, -0.1) is 0 Å². The molecule has 2 aromatic carbocycles. The molecule has 1 amide bonds. The number of carbonyl (C=O) groups excluding carboxylic acids is 2. The highest BCUT2D eigenvalue weighted by Crippen LogP contribution is 2.43. The van der Waals surface area contributed by atoms with Crippen LogP contribution in [-0.2, 0) is 16.1 Å². The van der Waals surface area contributed by atoms with Crippen molar-refractivity contribution < 1.29 is 38.6 Å². The van der Waals surface area contributed by atoms with Crippen LogP contribution >= 0.6 is 0 Å². The number of carbonyl (C=O) groups is 2. The average Bonchev–Trinajstić information content (AvgIpc) is 3.23. The first-order valence-corrected chi connectivity index (χ1v) is 13.5. The van der Waals surface area contributed by atoms with Crippen molar-refractivity contribution in [1.82, 2.24) is 4.90 Å². The third kappa shape index (κ3) is 5.45. The smallest absolute Gasteiger partial charge is 0.295 e. The van der Waals surface area contributed by atoms with E-state index in [0.29, 0.717) is 55.0 Å². The van der Waals surface area contributed by atoms with E-state index in [1.807, 2.05) is 19.1 Å². The van der Waals surface area contributed by atoms with Crippen molar-refractivity contribution in [3.8, 4) is 23.0 Å². The number of pyridine rings is 1. The SMILES string of the molecule is CCCCOc1ccc(C2C(=C([O-])c3ccc4c(c3)OCCO4)C(=O)C(=O)N2Cc2ccc[nH+]c2)cc1OCC. The molecule has 2 aliphatic rings. The molecule has 1 saturated heterocycles. The van der Waals surface area contributed by atoms with Crippen molar-refractivity contribution >= 4 is 17.4 Å². The van der Waals surface area contributed by atoms with Crippen LogP contribution in [0.25, 0.3) is 5.76 Å². The number of H-pyrrole nitrogens is 1. The van der Waals surface area contributed by atoms with E-state index in [4.69, 9.17) is 18.9 Å². The summed E-state index contributed by atoms with van der Waals surface area (Å²) in [4.78, 5) is 31.3. The molecule has 5 rings (SSSR count). The zero-order valence-corrected chi connectivity index (χ0v) is 22.6. The minimum atomic E-state index is -0.926. The minimum absolute atomic E-state index is 0.122. The Hall–Kier alpha value is -4.53. The van der Waals surface area contributed by atoms with Gasteiger partial charge in [0.05, 0.1) is 25.8 Å². The first kappa shape index (κ1) is 27.1. The number of amides is 1. The molecule has 1 atom stereocenters. The second kappa shape index (κ2) is 12.1. The molecule has 0 radical (unpaired) electrons. The van der Waals surface area contributed by atoms with Crippen LogP contribution in [0.5, 0.6) is 23.0 Å².